The number of ether oxygens (including phenoxy) is 1. The van der Waals surface area contributed by atoms with Gasteiger partial charge in [-0.2, -0.15) is 0 Å². The second-order valence-corrected chi connectivity index (χ2v) is 7.61. The van der Waals surface area contributed by atoms with Crippen LogP contribution in [-0.4, -0.2) is 32.9 Å². The van der Waals surface area contributed by atoms with Crippen molar-refractivity contribution in [1.29, 1.82) is 0 Å². The van der Waals surface area contributed by atoms with Gasteiger partial charge in [0.05, 0.1) is 36.1 Å². The van der Waals surface area contributed by atoms with Crippen molar-refractivity contribution in [2.75, 3.05) is 6.61 Å². The molecule has 3 aromatic rings. The van der Waals surface area contributed by atoms with E-state index in [0.29, 0.717) is 32.7 Å². The fraction of sp³-hybridized carbons (Fsp3) is 0.368. The van der Waals surface area contributed by atoms with Gasteiger partial charge in [0.25, 0.3) is 5.56 Å². The average molecular weight is 387 g/mol. The molecule has 1 N–H and O–H groups in total. The molecule has 0 fully saturated rings. The van der Waals surface area contributed by atoms with Gasteiger partial charge in [-0.15, -0.1) is 11.3 Å². The van der Waals surface area contributed by atoms with Gasteiger partial charge in [-0.25, -0.2) is 9.78 Å². The Morgan fingerprint density at radius 1 is 1.22 bits per heavy atom. The molecule has 0 atom stereocenters. The molecule has 0 saturated carbocycles. The number of ketones is 1. The molecule has 0 unspecified atom stereocenters. The van der Waals surface area contributed by atoms with Crippen LogP contribution in [0.1, 0.15) is 49.5 Å². The molecule has 0 bridgehead atoms. The number of esters is 1. The SMILES string of the molecule is CCOC(=O)c1c(C)[nH]c(C(=O)Cn2cnc3sc(C)c(C)c3c2=O)c1C. The maximum absolute atomic E-state index is 12.8. The normalized spacial score (nSPS) is 11.1. The summed E-state index contributed by atoms with van der Waals surface area (Å²) < 4.78 is 6.36. The Hall–Kier alpha value is -2.74. The van der Waals surface area contributed by atoms with E-state index in [1.807, 2.05) is 13.8 Å². The molecule has 0 aliphatic heterocycles. The number of fused-ring (bicyclic) bond motifs is 1. The molecule has 7 nitrogen and oxygen atoms in total. The van der Waals surface area contributed by atoms with Crippen LogP contribution in [0.25, 0.3) is 10.2 Å². The minimum absolute atomic E-state index is 0.154. The Labute approximate surface area is 160 Å². The van der Waals surface area contributed by atoms with Crippen LogP contribution in [0.4, 0.5) is 0 Å². The summed E-state index contributed by atoms with van der Waals surface area (Å²) in [6.45, 7) is 9.07. The first-order valence-corrected chi connectivity index (χ1v) is 9.42. The van der Waals surface area contributed by atoms with Gasteiger partial charge in [-0.3, -0.25) is 14.2 Å². The smallest absolute Gasteiger partial charge is 0.340 e. The highest BCUT2D eigenvalue weighted by Crippen LogP contribution is 2.25. The molecule has 142 valence electrons. The van der Waals surface area contributed by atoms with Crippen molar-refractivity contribution in [3.8, 4) is 0 Å². The number of rotatable bonds is 5. The fourth-order valence-electron chi connectivity index (χ4n) is 3.15. The summed E-state index contributed by atoms with van der Waals surface area (Å²) in [5.41, 5.74) is 2.43. The van der Waals surface area contributed by atoms with Crippen LogP contribution >= 0.6 is 11.3 Å². The Morgan fingerprint density at radius 2 is 1.93 bits per heavy atom. The van der Waals surface area contributed by atoms with Crippen molar-refractivity contribution in [3.63, 3.8) is 0 Å². The van der Waals surface area contributed by atoms with Crippen LogP contribution in [0.5, 0.6) is 0 Å². The minimum atomic E-state index is -0.465. The molecular weight excluding hydrogens is 366 g/mol. The lowest BCUT2D eigenvalue weighted by Gasteiger charge is -2.05. The molecule has 27 heavy (non-hydrogen) atoms. The first kappa shape index (κ1) is 19.0. The molecule has 0 saturated heterocycles. The zero-order chi connectivity index (χ0) is 19.9. The molecule has 0 aliphatic rings. The van der Waals surface area contributed by atoms with Crippen molar-refractivity contribution in [2.45, 2.75) is 41.2 Å². The van der Waals surface area contributed by atoms with E-state index in [0.717, 1.165) is 10.4 Å². The largest absolute Gasteiger partial charge is 0.462 e. The number of nitrogens with zero attached hydrogens (tertiary/aromatic N) is 2. The highest BCUT2D eigenvalue weighted by atomic mass is 32.1. The number of carbonyl (C=O) groups is 2. The van der Waals surface area contributed by atoms with Gasteiger partial charge in [0.15, 0.2) is 5.78 Å². The molecular formula is C19H21N3O4S. The number of thiophene rings is 1. The number of aromatic amines is 1. The second-order valence-electron chi connectivity index (χ2n) is 6.41. The molecule has 0 radical (unpaired) electrons. The lowest BCUT2D eigenvalue weighted by Crippen LogP contribution is -2.25. The summed E-state index contributed by atoms with van der Waals surface area (Å²) in [6, 6.07) is 0. The third-order valence-electron chi connectivity index (χ3n) is 4.67. The lowest BCUT2D eigenvalue weighted by atomic mass is 10.1. The average Bonchev–Trinajstić information content (AvgIpc) is 3.07. The number of hydrogen-bond donors (Lipinski definition) is 1. The number of aryl methyl sites for hydroxylation is 3. The summed E-state index contributed by atoms with van der Waals surface area (Å²) in [5, 5.41) is 0.555. The van der Waals surface area contributed by atoms with E-state index in [1.165, 1.54) is 22.2 Å². The van der Waals surface area contributed by atoms with E-state index in [1.54, 1.807) is 20.8 Å². The predicted molar refractivity (Wildman–Crippen MR) is 104 cm³/mol. The van der Waals surface area contributed by atoms with Gasteiger partial charge in [-0.05, 0) is 45.7 Å². The Kier molecular flexibility index (Phi) is 5.01. The first-order chi connectivity index (χ1) is 12.8. The number of H-pyrrole nitrogens is 1. The predicted octanol–water partition coefficient (Wildman–Crippen LogP) is 3.08. The zero-order valence-electron chi connectivity index (χ0n) is 15.9. The summed E-state index contributed by atoms with van der Waals surface area (Å²) in [7, 11) is 0. The minimum Gasteiger partial charge on any atom is -0.462 e. The quantitative estimate of drug-likeness (QED) is 0.536. The van der Waals surface area contributed by atoms with E-state index in [4.69, 9.17) is 4.74 Å². The Morgan fingerprint density at radius 3 is 2.59 bits per heavy atom. The number of carbonyl (C=O) groups excluding carboxylic acids is 2. The van der Waals surface area contributed by atoms with Crippen molar-refractivity contribution in [1.82, 2.24) is 14.5 Å². The first-order valence-electron chi connectivity index (χ1n) is 8.60. The van der Waals surface area contributed by atoms with Crippen LogP contribution in [0.2, 0.25) is 0 Å². The van der Waals surface area contributed by atoms with Gasteiger partial charge in [0.1, 0.15) is 4.83 Å². The number of aromatic nitrogens is 3. The van der Waals surface area contributed by atoms with Crippen LogP contribution in [0.15, 0.2) is 11.1 Å². The van der Waals surface area contributed by atoms with Gasteiger partial charge in [0.2, 0.25) is 0 Å². The zero-order valence-corrected chi connectivity index (χ0v) is 16.7. The molecule has 3 rings (SSSR count). The van der Waals surface area contributed by atoms with Crippen molar-refractivity contribution < 1.29 is 14.3 Å². The molecule has 3 aromatic heterocycles. The monoisotopic (exact) mass is 387 g/mol. The molecule has 0 spiro atoms. The maximum atomic E-state index is 12.8. The maximum Gasteiger partial charge on any atom is 0.340 e. The highest BCUT2D eigenvalue weighted by Gasteiger charge is 2.23. The van der Waals surface area contributed by atoms with Crippen LogP contribution in [-0.2, 0) is 11.3 Å². The Bertz CT molecular complexity index is 1120. The molecule has 8 heteroatoms. The Balaban J connectivity index is 1.97. The fourth-order valence-corrected chi connectivity index (χ4v) is 4.14. The summed E-state index contributed by atoms with van der Waals surface area (Å²) in [4.78, 5) is 46.7. The van der Waals surface area contributed by atoms with Gasteiger partial charge < -0.3 is 9.72 Å². The molecule has 3 heterocycles. The van der Waals surface area contributed by atoms with E-state index in [9.17, 15) is 14.4 Å². The van der Waals surface area contributed by atoms with Gasteiger partial charge >= 0.3 is 5.97 Å². The standard InChI is InChI=1S/C19H21N3O4S/c1-6-26-19(25)14-10(3)16(21-11(14)4)13(23)7-22-8-20-17-15(18(22)24)9(2)12(5)27-17/h8,21H,6-7H2,1-5H3. The topological polar surface area (TPSA) is 94.1 Å². The number of hydrogen-bond acceptors (Lipinski definition) is 6. The second kappa shape index (κ2) is 7.11. The van der Waals surface area contributed by atoms with Gasteiger partial charge in [-0.1, -0.05) is 0 Å². The van der Waals surface area contributed by atoms with E-state index < -0.39 is 5.97 Å². The van der Waals surface area contributed by atoms with Crippen molar-refractivity contribution in [2.24, 2.45) is 0 Å². The van der Waals surface area contributed by atoms with E-state index in [2.05, 4.69) is 9.97 Å². The lowest BCUT2D eigenvalue weighted by molar-refractivity contribution is 0.0525. The number of nitrogens with one attached hydrogen (secondary N) is 1. The summed E-state index contributed by atoms with van der Waals surface area (Å²) >= 11 is 1.47. The summed E-state index contributed by atoms with van der Waals surface area (Å²) in [6.07, 6.45) is 1.40. The van der Waals surface area contributed by atoms with E-state index in [-0.39, 0.29) is 24.5 Å². The van der Waals surface area contributed by atoms with Crippen LogP contribution in [0.3, 0.4) is 0 Å². The van der Waals surface area contributed by atoms with Crippen LogP contribution in [0, 0.1) is 27.7 Å². The van der Waals surface area contributed by atoms with E-state index >= 15 is 0 Å². The molecule has 0 aromatic carbocycles. The number of Topliss-reactive ketones (excluding diaryl/α,β-unsaturated/α-hetero) is 1. The third kappa shape index (κ3) is 3.21. The van der Waals surface area contributed by atoms with Crippen molar-refractivity contribution in [3.05, 3.63) is 49.6 Å². The van der Waals surface area contributed by atoms with Crippen LogP contribution < -0.4 is 5.56 Å². The molecule has 0 amide bonds. The van der Waals surface area contributed by atoms with Crippen molar-refractivity contribution >= 4 is 33.3 Å². The molecule has 0 aliphatic carbocycles. The van der Waals surface area contributed by atoms with Gasteiger partial charge in [0, 0.05) is 10.6 Å². The highest BCUT2D eigenvalue weighted by molar-refractivity contribution is 7.18. The summed E-state index contributed by atoms with van der Waals surface area (Å²) in [5.74, 6) is -0.758. The third-order valence-corrected chi connectivity index (χ3v) is 5.78.